The van der Waals surface area contributed by atoms with Crippen molar-refractivity contribution in [3.8, 4) is 90.5 Å². The van der Waals surface area contributed by atoms with Gasteiger partial charge in [0.1, 0.15) is 46.0 Å². The average Bonchev–Trinajstić information content (AvgIpc) is 1.59. The largest absolute Gasteiger partial charge is 0.493 e. The highest BCUT2D eigenvalue weighted by Crippen LogP contribution is 2.46. The Bertz CT molecular complexity index is 3780. The molecule has 0 saturated heterocycles. The monoisotopic (exact) mass is 1510 g/mol. The molecule has 112 heavy (non-hydrogen) atoms. The number of rotatable bonds is 28. The van der Waals surface area contributed by atoms with Crippen molar-refractivity contribution in [2.75, 3.05) is 52.9 Å². The van der Waals surface area contributed by atoms with Gasteiger partial charge >= 0.3 is 0 Å². The second-order valence-corrected chi connectivity index (χ2v) is 35.8. The summed E-state index contributed by atoms with van der Waals surface area (Å²) in [4.78, 5) is 20.4. The third-order valence-electron chi connectivity index (χ3n) is 27.1. The number of hydrogen-bond acceptors (Lipinski definition) is 10. The van der Waals surface area contributed by atoms with Crippen molar-refractivity contribution in [3.63, 3.8) is 0 Å². The van der Waals surface area contributed by atoms with E-state index in [1.807, 2.05) is 0 Å². The Labute approximate surface area is 667 Å². The van der Waals surface area contributed by atoms with Gasteiger partial charge in [-0.05, 0) is 269 Å². The molecule has 3 aromatic heterocycles. The maximum absolute atomic E-state index is 7.06. The molecule has 0 amide bonds. The highest BCUT2D eigenvalue weighted by Gasteiger charge is 2.28. The second kappa shape index (κ2) is 37.9. The number of nitrogens with one attached hydrogen (secondary N) is 2. The highest BCUT2D eigenvalue weighted by atomic mass is 16.5. The summed E-state index contributed by atoms with van der Waals surface area (Å²) in [6, 6.07) is 35.7. The minimum absolute atomic E-state index is 0.515. The van der Waals surface area contributed by atoms with Gasteiger partial charge < -0.3 is 47.9 Å². The van der Waals surface area contributed by atoms with Crippen LogP contribution in [0.15, 0.2) is 97.1 Å². The first-order valence-corrected chi connectivity index (χ1v) is 45.2. The zero-order chi connectivity index (χ0) is 75.0. The summed E-state index contributed by atoms with van der Waals surface area (Å²) < 4.78 is 56.4. The van der Waals surface area contributed by atoms with E-state index in [1.165, 1.54) is 257 Å². The molecule has 5 heterocycles. The SMILES string of the molecule is C1=Cc2nc1c(-c1cc(OCC3CCCCC3)cc(OCC3CCCCC3)c1)c1ccc([nH]1)c(-c1cc(OCC3CCCCC3)cc(OCC3CCCCC3)c1)c1nc(c(-c3cc(OCC4CCCCC4)cc(OCC4CCCCC4)c3)c3ccc([nH]3)c2-c2cc(OCC3CCCCC3)cc(OCC3CCCCC3)c2)C=C1. The Hall–Kier alpha value is -8.12. The predicted molar refractivity (Wildman–Crippen MR) is 457 cm³/mol. The fourth-order valence-corrected chi connectivity index (χ4v) is 20.5. The van der Waals surface area contributed by atoms with Gasteiger partial charge in [-0.3, -0.25) is 0 Å². The fraction of sp³-hybridized carbons (Fsp3) is 0.560. The standard InChI is InChI=1S/C100H126N4O8/c1-9-25-69(26-10-1)61-105-81-49-77(50-82(57-81)106-62-70-27-11-2-12-28-70)97-89-41-43-91(101-89)98(78-51-83(107-63-71-29-13-3-14-30-71)58-84(52-78)108-64-72-31-15-4-16-32-72)93-45-47-95(103-93)100(80-55-87(111-67-75-37-21-7-22-38-75)60-88(56-80)112-68-76-39-23-8-24-40-76)96-48-46-94(104-96)99(92-44-42-90(97)102-92)79-53-85(109-65-73-33-17-5-18-34-73)59-86(54-79)110-66-74-35-19-6-20-36-74/h41-60,69-76,101,104H,1-40,61-68H2. The number of ether oxygens (including phenoxy) is 8. The molecule has 8 fully saturated rings. The molecule has 17 rings (SSSR count). The third-order valence-corrected chi connectivity index (χ3v) is 27.1. The van der Waals surface area contributed by atoms with E-state index in [1.54, 1.807) is 0 Å². The van der Waals surface area contributed by atoms with Crippen molar-refractivity contribution in [2.45, 2.75) is 257 Å². The number of H-pyrrole nitrogens is 2. The van der Waals surface area contributed by atoms with Crippen LogP contribution in [0.4, 0.5) is 0 Å². The summed E-state index contributed by atoms with van der Waals surface area (Å²) in [6.45, 7) is 5.41. The maximum Gasteiger partial charge on any atom is 0.123 e. The van der Waals surface area contributed by atoms with Crippen molar-refractivity contribution in [1.82, 2.24) is 19.9 Å². The lowest BCUT2D eigenvalue weighted by atomic mass is 9.90. The van der Waals surface area contributed by atoms with Crippen molar-refractivity contribution < 1.29 is 37.9 Å². The van der Waals surface area contributed by atoms with Crippen LogP contribution in [0.1, 0.15) is 280 Å². The molecule has 12 heteroatoms. The number of aromatic amines is 2. The van der Waals surface area contributed by atoms with Crippen LogP contribution >= 0.6 is 0 Å². The fourth-order valence-electron chi connectivity index (χ4n) is 20.5. The molecule has 0 radical (unpaired) electrons. The quantitative estimate of drug-likeness (QED) is 0.0489. The van der Waals surface area contributed by atoms with Crippen molar-refractivity contribution in [2.24, 2.45) is 47.3 Å². The van der Waals surface area contributed by atoms with Gasteiger partial charge in [0, 0.05) is 68.6 Å². The molecule has 2 aliphatic heterocycles. The van der Waals surface area contributed by atoms with E-state index in [4.69, 9.17) is 47.9 Å². The summed E-state index contributed by atoms with van der Waals surface area (Å²) in [5.74, 6) is 10.7. The first-order chi connectivity index (χ1) is 55.4. The smallest absolute Gasteiger partial charge is 0.123 e. The maximum atomic E-state index is 7.06. The van der Waals surface area contributed by atoms with Crippen molar-refractivity contribution >= 4 is 46.4 Å². The van der Waals surface area contributed by atoms with Crippen LogP contribution in [0.3, 0.4) is 0 Å². The molecule has 7 aromatic rings. The first kappa shape index (κ1) is 76.5. The lowest BCUT2D eigenvalue weighted by Gasteiger charge is -2.23. The number of nitrogens with zero attached hydrogens (tertiary/aromatic N) is 2. The third kappa shape index (κ3) is 20.0. The Morgan fingerprint density at radius 3 is 0.509 bits per heavy atom. The van der Waals surface area contributed by atoms with E-state index in [0.29, 0.717) is 100 Å². The lowest BCUT2D eigenvalue weighted by molar-refractivity contribution is 0.200. The Morgan fingerprint density at radius 2 is 0.357 bits per heavy atom. The number of hydrogen-bond donors (Lipinski definition) is 2. The van der Waals surface area contributed by atoms with E-state index in [2.05, 4.69) is 131 Å². The number of benzene rings is 4. The molecule has 12 nitrogen and oxygen atoms in total. The molecule has 8 aliphatic carbocycles. The molecule has 0 unspecified atom stereocenters. The van der Waals surface area contributed by atoms with Gasteiger partial charge in [0.2, 0.25) is 0 Å². The molecule has 0 atom stereocenters. The predicted octanol–water partition coefficient (Wildman–Crippen LogP) is 27.0. The Kier molecular flexibility index (Phi) is 25.9. The van der Waals surface area contributed by atoms with Gasteiger partial charge in [0.15, 0.2) is 0 Å². The zero-order valence-electron chi connectivity index (χ0n) is 67.3. The molecule has 2 N–H and O–H groups in total. The van der Waals surface area contributed by atoms with Gasteiger partial charge in [-0.25, -0.2) is 9.97 Å². The van der Waals surface area contributed by atoms with Crippen LogP contribution in [0.2, 0.25) is 0 Å². The van der Waals surface area contributed by atoms with Crippen LogP contribution in [-0.4, -0.2) is 72.8 Å². The minimum Gasteiger partial charge on any atom is -0.493 e. The van der Waals surface area contributed by atoms with Gasteiger partial charge in [-0.2, -0.15) is 0 Å². The van der Waals surface area contributed by atoms with Gasteiger partial charge in [0.25, 0.3) is 0 Å². The van der Waals surface area contributed by atoms with Crippen LogP contribution in [0.5, 0.6) is 46.0 Å². The topological polar surface area (TPSA) is 131 Å². The van der Waals surface area contributed by atoms with Crippen molar-refractivity contribution in [3.05, 3.63) is 120 Å². The molecule has 8 bridgehead atoms. The summed E-state index contributed by atoms with van der Waals surface area (Å²) in [6.07, 6.45) is 58.5. The second-order valence-electron chi connectivity index (χ2n) is 35.8. The molecule has 0 spiro atoms. The summed E-state index contributed by atoms with van der Waals surface area (Å²) in [5, 5.41) is 0. The summed E-state index contributed by atoms with van der Waals surface area (Å²) >= 11 is 0. The Balaban J connectivity index is 0.905. The van der Waals surface area contributed by atoms with E-state index < -0.39 is 0 Å². The van der Waals surface area contributed by atoms with Crippen LogP contribution in [0, 0.1) is 47.3 Å². The normalized spacial score (nSPS) is 19.7. The molecule has 10 aliphatic rings. The Morgan fingerprint density at radius 1 is 0.205 bits per heavy atom. The minimum atomic E-state index is 0.515. The molecule has 4 aromatic carbocycles. The van der Waals surface area contributed by atoms with Gasteiger partial charge in [-0.15, -0.1) is 0 Å². The van der Waals surface area contributed by atoms with Gasteiger partial charge in [-0.1, -0.05) is 154 Å². The van der Waals surface area contributed by atoms with E-state index in [-0.39, 0.29) is 0 Å². The molecular weight excluding hydrogens is 1390 g/mol. The van der Waals surface area contributed by atoms with Crippen LogP contribution < -0.4 is 37.9 Å². The zero-order valence-corrected chi connectivity index (χ0v) is 67.3. The van der Waals surface area contributed by atoms with Crippen LogP contribution in [-0.2, 0) is 0 Å². The van der Waals surface area contributed by atoms with Gasteiger partial charge in [0.05, 0.1) is 75.6 Å². The van der Waals surface area contributed by atoms with Crippen molar-refractivity contribution in [1.29, 1.82) is 0 Å². The first-order valence-electron chi connectivity index (χ1n) is 45.2. The molecule has 8 saturated carbocycles. The number of aromatic nitrogens is 4. The highest BCUT2D eigenvalue weighted by molar-refractivity contribution is 6.00. The van der Waals surface area contributed by atoms with E-state index in [9.17, 15) is 0 Å². The van der Waals surface area contributed by atoms with Crippen LogP contribution in [0.25, 0.3) is 90.9 Å². The molecular formula is C100H126N4O8. The summed E-state index contributed by atoms with van der Waals surface area (Å²) in [7, 11) is 0. The summed E-state index contributed by atoms with van der Waals surface area (Å²) in [5.41, 5.74) is 14.6. The lowest BCUT2D eigenvalue weighted by Crippen LogP contribution is -2.16. The average molecular weight is 1510 g/mol. The van der Waals surface area contributed by atoms with E-state index >= 15 is 0 Å². The van der Waals surface area contributed by atoms with E-state index in [0.717, 1.165) is 135 Å². The number of fused-ring (bicyclic) bond motifs is 8. The molecule has 594 valence electrons.